The number of benzene rings is 2. The molecule has 0 heterocycles. The van der Waals surface area contributed by atoms with Crippen LogP contribution in [-0.2, 0) is 6.42 Å². The summed E-state index contributed by atoms with van der Waals surface area (Å²) in [4.78, 5) is 0. The number of methoxy groups -OCH3 is 2. The van der Waals surface area contributed by atoms with Crippen LogP contribution in [0.25, 0.3) is 0 Å². The van der Waals surface area contributed by atoms with Gasteiger partial charge >= 0.3 is 0 Å². The van der Waals surface area contributed by atoms with Crippen LogP contribution in [0.3, 0.4) is 0 Å². The van der Waals surface area contributed by atoms with Gasteiger partial charge in [0.05, 0.1) is 29.8 Å². The quantitative estimate of drug-likeness (QED) is 0.696. The van der Waals surface area contributed by atoms with Crippen LogP contribution in [0, 0.1) is 6.92 Å². The zero-order chi connectivity index (χ0) is 25.8. The van der Waals surface area contributed by atoms with Crippen molar-refractivity contribution in [2.45, 2.75) is 38.6 Å². The van der Waals surface area contributed by atoms with Gasteiger partial charge in [-0.3, -0.25) is 0 Å². The van der Waals surface area contributed by atoms with Gasteiger partial charge in [-0.25, -0.2) is 0 Å². The van der Waals surface area contributed by atoms with Crippen LogP contribution in [0.4, 0.5) is 0 Å². The van der Waals surface area contributed by atoms with Crippen LogP contribution in [-0.4, -0.2) is 31.9 Å². The van der Waals surface area contributed by atoms with Gasteiger partial charge in [-0.1, -0.05) is 24.6 Å². The lowest BCUT2D eigenvalue weighted by atomic mass is 10.0. The summed E-state index contributed by atoms with van der Waals surface area (Å²) >= 11 is 0. The Labute approximate surface area is 163 Å². The van der Waals surface area contributed by atoms with E-state index in [0.29, 0.717) is 11.3 Å². The molecular formula is C21H28O4. The third-order valence-electron chi connectivity index (χ3n) is 3.56. The summed E-state index contributed by atoms with van der Waals surface area (Å²) in [5.41, 5.74) is 1.46. The van der Waals surface area contributed by atoms with Crippen LogP contribution in [0.1, 0.15) is 42.7 Å². The van der Waals surface area contributed by atoms with E-state index in [0.717, 1.165) is 5.56 Å². The van der Waals surface area contributed by atoms with Gasteiger partial charge < -0.3 is 19.3 Å². The summed E-state index contributed by atoms with van der Waals surface area (Å²) in [6.07, 6.45) is -4.55. The Kier molecular flexibility index (Phi) is 4.01. The van der Waals surface area contributed by atoms with Gasteiger partial charge in [0.2, 0.25) is 0 Å². The van der Waals surface area contributed by atoms with E-state index >= 15 is 0 Å². The van der Waals surface area contributed by atoms with E-state index < -0.39 is 33.1 Å². The number of hydrogen-bond acceptors (Lipinski definition) is 4. The highest BCUT2D eigenvalue weighted by Crippen LogP contribution is 2.28. The second kappa shape index (κ2) is 9.94. The van der Waals surface area contributed by atoms with Crippen LogP contribution in [0.2, 0.25) is 0 Å². The zero-order valence-corrected chi connectivity index (χ0v) is 14.0. The molecule has 0 aliphatic carbocycles. The summed E-state index contributed by atoms with van der Waals surface area (Å²) in [5, 5.41) is 10.4. The minimum atomic E-state index is -2.83. The summed E-state index contributed by atoms with van der Waals surface area (Å²) in [6.45, 7) is 1.29. The van der Waals surface area contributed by atoms with Crippen molar-refractivity contribution in [2.24, 2.45) is 0 Å². The minimum absolute atomic E-state index is 0.187. The second-order valence-corrected chi connectivity index (χ2v) is 5.57. The number of aliphatic hydroxyl groups is 1. The highest BCUT2D eigenvalue weighted by molar-refractivity contribution is 5.42. The fraction of sp³-hybridized carbons (Fsp3) is 0.429. The van der Waals surface area contributed by atoms with Gasteiger partial charge in [0.25, 0.3) is 0 Å². The van der Waals surface area contributed by atoms with Crippen molar-refractivity contribution >= 4 is 0 Å². The largest absolute Gasteiger partial charge is 0.493 e. The predicted octanol–water partition coefficient (Wildman–Crippen LogP) is 4.16. The molecule has 1 unspecified atom stereocenters. The molecule has 1 atom stereocenters. The molecule has 0 aliphatic heterocycles. The maximum absolute atomic E-state index is 10.4. The lowest BCUT2D eigenvalue weighted by Gasteiger charge is -2.13. The van der Waals surface area contributed by atoms with Crippen molar-refractivity contribution in [3.05, 3.63) is 53.6 Å². The molecule has 0 fully saturated rings. The number of hydrogen-bond donors (Lipinski definition) is 1. The summed E-state index contributed by atoms with van der Waals surface area (Å²) < 4.78 is 82.9. The van der Waals surface area contributed by atoms with Crippen molar-refractivity contribution < 1.29 is 31.7 Å². The van der Waals surface area contributed by atoms with Crippen molar-refractivity contribution in [1.82, 2.24) is 0 Å². The summed E-state index contributed by atoms with van der Waals surface area (Å²) in [7, 11) is -5.63. The Morgan fingerprint density at radius 3 is 2.76 bits per heavy atom. The van der Waals surface area contributed by atoms with Crippen molar-refractivity contribution in [3.8, 4) is 17.2 Å². The molecule has 0 bridgehead atoms. The molecule has 4 heteroatoms. The summed E-state index contributed by atoms with van der Waals surface area (Å²) in [6, 6.07) is 11.1. The maximum Gasteiger partial charge on any atom is 0.160 e. The monoisotopic (exact) mass is 353 g/mol. The first-order valence-electron chi connectivity index (χ1n) is 12.4. The smallest absolute Gasteiger partial charge is 0.160 e. The van der Waals surface area contributed by atoms with E-state index in [2.05, 4.69) is 0 Å². The Morgan fingerprint density at radius 2 is 1.96 bits per heavy atom. The third kappa shape index (κ3) is 6.31. The van der Waals surface area contributed by atoms with E-state index in [1.807, 2.05) is 13.0 Å². The highest BCUT2D eigenvalue weighted by Gasteiger charge is 2.07. The standard InChI is InChI=1S/C21H28O4/c1-16-7-6-10-19(13-16)25-15-18(22)9-5-4-8-17-11-12-20(23-2)21(14-17)24-3/h6-7,10-14,18,22H,4-5,8-9,15H2,1-3H3/i2D3,3D3,9D2,18D. The first-order chi connectivity index (χ1) is 15.5. The van der Waals surface area contributed by atoms with Crippen LogP contribution >= 0.6 is 0 Å². The maximum atomic E-state index is 10.4. The normalized spacial score (nSPS) is 20.0. The topological polar surface area (TPSA) is 47.9 Å². The molecule has 25 heavy (non-hydrogen) atoms. The first kappa shape index (κ1) is 10.1. The zero-order valence-electron chi connectivity index (χ0n) is 23.0. The van der Waals surface area contributed by atoms with Gasteiger partial charge in [0, 0.05) is 2.74 Å². The Bertz CT molecular complexity index is 956. The van der Waals surface area contributed by atoms with Crippen molar-refractivity contribution in [2.75, 3.05) is 20.7 Å². The van der Waals surface area contributed by atoms with E-state index in [1.54, 1.807) is 18.2 Å². The Morgan fingerprint density at radius 1 is 1.12 bits per heavy atom. The molecule has 2 aromatic rings. The molecule has 0 amide bonds. The molecule has 0 aliphatic rings. The average Bonchev–Trinajstić information content (AvgIpc) is 2.66. The van der Waals surface area contributed by atoms with E-state index in [4.69, 9.17) is 26.5 Å². The Balaban J connectivity index is 2.03. The third-order valence-corrected chi connectivity index (χ3v) is 3.56. The molecule has 0 aromatic heterocycles. The fourth-order valence-electron chi connectivity index (χ4n) is 2.31. The fourth-order valence-corrected chi connectivity index (χ4v) is 2.31. The lowest BCUT2D eigenvalue weighted by molar-refractivity contribution is 0.0976. The molecule has 0 spiro atoms. The van der Waals surface area contributed by atoms with Crippen molar-refractivity contribution in [3.63, 3.8) is 0 Å². The molecule has 136 valence electrons. The van der Waals surface area contributed by atoms with Gasteiger partial charge in [-0.2, -0.15) is 0 Å². The average molecular weight is 354 g/mol. The number of ether oxygens (including phenoxy) is 3. The van der Waals surface area contributed by atoms with Crippen LogP contribution < -0.4 is 14.2 Å². The highest BCUT2D eigenvalue weighted by atomic mass is 16.5. The van der Waals surface area contributed by atoms with Gasteiger partial charge in [0.15, 0.2) is 11.5 Å². The molecule has 2 aromatic carbocycles. The first-order valence-corrected chi connectivity index (χ1v) is 7.90. The lowest BCUT2D eigenvalue weighted by Crippen LogP contribution is -2.17. The molecule has 2 rings (SSSR count). The molecule has 0 saturated heterocycles. The number of aryl methyl sites for hydroxylation is 2. The minimum Gasteiger partial charge on any atom is -0.493 e. The molecular weight excluding hydrogens is 316 g/mol. The molecule has 0 saturated carbocycles. The van der Waals surface area contributed by atoms with Crippen LogP contribution in [0.15, 0.2) is 42.5 Å². The van der Waals surface area contributed by atoms with Gasteiger partial charge in [-0.05, 0) is 61.5 Å². The number of rotatable bonds is 10. The predicted molar refractivity (Wildman–Crippen MR) is 99.8 cm³/mol. The van der Waals surface area contributed by atoms with E-state index in [-0.39, 0.29) is 30.8 Å². The SMILES string of the molecule is [2H]C([2H])([2H])Oc1ccc(CCCC([2H])([2H])C([2H])(O)COc2cccc(C)c2)cc1OC([2H])([2H])[2H]. The van der Waals surface area contributed by atoms with E-state index in [9.17, 15) is 5.11 Å². The molecule has 0 radical (unpaired) electrons. The van der Waals surface area contributed by atoms with Gasteiger partial charge in [-0.15, -0.1) is 0 Å². The Hall–Kier alpha value is -2.20. The van der Waals surface area contributed by atoms with Crippen molar-refractivity contribution in [1.29, 1.82) is 0 Å². The van der Waals surface area contributed by atoms with E-state index in [1.165, 1.54) is 18.2 Å². The van der Waals surface area contributed by atoms with Gasteiger partial charge in [0.1, 0.15) is 12.4 Å². The van der Waals surface area contributed by atoms with Crippen LogP contribution in [0.5, 0.6) is 17.2 Å². The molecule has 4 nitrogen and oxygen atoms in total. The summed E-state index contributed by atoms with van der Waals surface area (Å²) in [5.74, 6) is -0.119. The molecule has 1 N–H and O–H groups in total. The second-order valence-electron chi connectivity index (χ2n) is 5.57.